The van der Waals surface area contributed by atoms with E-state index in [-0.39, 0.29) is 35.7 Å². The zero-order chi connectivity index (χ0) is 27.9. The second-order valence-corrected chi connectivity index (χ2v) is 10.8. The zero-order valence-electron chi connectivity index (χ0n) is 23.1. The fourth-order valence-electron chi connectivity index (χ4n) is 5.72. The predicted octanol–water partition coefficient (Wildman–Crippen LogP) is -1.01. The van der Waals surface area contributed by atoms with Crippen molar-refractivity contribution in [2.45, 2.75) is 43.9 Å². The van der Waals surface area contributed by atoms with E-state index in [2.05, 4.69) is 35.7 Å². The number of piperidine rings is 1. The fourth-order valence-corrected chi connectivity index (χ4v) is 5.72. The number of aliphatic imine (C=N–C) groups is 1. The number of ether oxygens (including phenoxy) is 1. The molecule has 0 saturated carbocycles. The highest BCUT2D eigenvalue weighted by atomic mass is 16.5. The summed E-state index contributed by atoms with van der Waals surface area (Å²) in [4.78, 5) is 38.8. The van der Waals surface area contributed by atoms with E-state index < -0.39 is 0 Å². The molecule has 2 saturated heterocycles. The first kappa shape index (κ1) is 28.1. The van der Waals surface area contributed by atoms with Gasteiger partial charge in [-0.1, -0.05) is 0 Å². The number of anilines is 1. The molecule has 2 atom stereocenters. The summed E-state index contributed by atoms with van der Waals surface area (Å²) in [6.07, 6.45) is 10.6. The van der Waals surface area contributed by atoms with Gasteiger partial charge in [-0.2, -0.15) is 4.98 Å². The molecule has 3 aliphatic heterocycles. The third-order valence-corrected chi connectivity index (χ3v) is 7.95. The van der Waals surface area contributed by atoms with E-state index >= 15 is 0 Å². The van der Waals surface area contributed by atoms with Gasteiger partial charge in [0.25, 0.3) is 5.91 Å². The van der Waals surface area contributed by atoms with Crippen LogP contribution >= 0.6 is 0 Å². The first-order valence-corrected chi connectivity index (χ1v) is 14.4. The molecule has 0 bridgehead atoms. The summed E-state index contributed by atoms with van der Waals surface area (Å²) in [6.45, 7) is 9.11. The molecule has 1 aromatic heterocycles. The minimum absolute atomic E-state index is 0.0734. The monoisotopic (exact) mass is 554 g/mol. The van der Waals surface area contributed by atoms with Gasteiger partial charge in [-0.3, -0.25) is 14.4 Å². The van der Waals surface area contributed by atoms with Gasteiger partial charge in [0.05, 0.1) is 12.2 Å². The summed E-state index contributed by atoms with van der Waals surface area (Å²) in [5, 5.41) is 9.68. The third-order valence-electron chi connectivity index (χ3n) is 7.95. The molecular weight excluding hydrogens is 512 g/mol. The first-order chi connectivity index (χ1) is 19.5. The molecule has 2 unspecified atom stereocenters. The quantitative estimate of drug-likeness (QED) is 0.137. The average molecular weight is 555 g/mol. The van der Waals surface area contributed by atoms with Crippen molar-refractivity contribution >= 4 is 17.7 Å². The highest BCUT2D eigenvalue weighted by molar-refractivity contribution is 5.96. The van der Waals surface area contributed by atoms with Crippen LogP contribution in [0.3, 0.4) is 0 Å². The van der Waals surface area contributed by atoms with Gasteiger partial charge in [-0.25, -0.2) is 4.79 Å². The molecule has 1 aromatic rings. The number of guanidine groups is 1. The number of hydrogen-bond donors (Lipinski definition) is 5. The molecule has 1 aliphatic carbocycles. The van der Waals surface area contributed by atoms with Crippen LogP contribution < -0.4 is 37.8 Å². The largest absolute Gasteiger partial charge is 0.478 e. The molecule has 0 aromatic carbocycles. The number of amides is 1. The van der Waals surface area contributed by atoms with E-state index in [1.165, 1.54) is 0 Å². The summed E-state index contributed by atoms with van der Waals surface area (Å²) in [7, 11) is 0. The summed E-state index contributed by atoms with van der Waals surface area (Å²) < 4.78 is 7.93. The molecule has 0 spiro atoms. The maximum absolute atomic E-state index is 12.9. The highest BCUT2D eigenvalue weighted by Crippen LogP contribution is 2.33. The number of fused-ring (bicyclic) bond motifs is 2. The number of hydrogen-bond acceptors (Lipinski definition) is 9. The van der Waals surface area contributed by atoms with Crippen LogP contribution in [-0.2, 0) is 4.79 Å². The second-order valence-electron chi connectivity index (χ2n) is 10.8. The van der Waals surface area contributed by atoms with E-state index in [1.54, 1.807) is 10.8 Å². The van der Waals surface area contributed by atoms with Crippen LogP contribution in [-0.4, -0.2) is 109 Å². The van der Waals surface area contributed by atoms with Crippen LogP contribution in [0.4, 0.5) is 5.82 Å². The van der Waals surface area contributed by atoms with Gasteiger partial charge in [-0.15, -0.1) is 0 Å². The molecule has 40 heavy (non-hydrogen) atoms. The van der Waals surface area contributed by atoms with Crippen molar-refractivity contribution in [3.8, 4) is 5.75 Å². The Kier molecular flexibility index (Phi) is 9.34. The predicted molar refractivity (Wildman–Crippen MR) is 154 cm³/mol. The van der Waals surface area contributed by atoms with E-state index in [1.807, 2.05) is 18.2 Å². The number of likely N-dealkylation sites (tertiary alicyclic amines) is 1. The first-order valence-electron chi connectivity index (χ1n) is 14.4. The number of rotatable bonds is 10. The van der Waals surface area contributed by atoms with Crippen molar-refractivity contribution in [3.63, 3.8) is 0 Å². The van der Waals surface area contributed by atoms with Crippen LogP contribution in [0.15, 0.2) is 39.8 Å². The average Bonchev–Trinajstić information content (AvgIpc) is 2.96. The Morgan fingerprint density at radius 2 is 1.88 bits per heavy atom. The van der Waals surface area contributed by atoms with Crippen molar-refractivity contribution in [2.75, 3.05) is 70.8 Å². The Morgan fingerprint density at radius 1 is 1.12 bits per heavy atom. The van der Waals surface area contributed by atoms with Gasteiger partial charge in [0.2, 0.25) is 0 Å². The van der Waals surface area contributed by atoms with Crippen LogP contribution in [0.5, 0.6) is 5.75 Å². The number of piperazine rings is 1. The number of carbonyl (C=O) groups is 1. The van der Waals surface area contributed by atoms with Gasteiger partial charge < -0.3 is 42.0 Å². The Labute approximate surface area is 234 Å². The number of nitrogens with two attached hydrogens (primary N) is 2. The Hall–Kier alpha value is -3.42. The lowest BCUT2D eigenvalue weighted by Crippen LogP contribution is -2.44. The molecule has 0 radical (unpaired) electrons. The topological polar surface area (TPSA) is 168 Å². The summed E-state index contributed by atoms with van der Waals surface area (Å²) >= 11 is 0. The molecule has 4 aliphatic rings. The van der Waals surface area contributed by atoms with E-state index in [4.69, 9.17) is 16.2 Å². The molecule has 4 heterocycles. The lowest BCUT2D eigenvalue weighted by atomic mass is 9.98. The second kappa shape index (κ2) is 13.3. The number of aromatic nitrogens is 2. The molecule has 5 rings (SSSR count). The SMILES string of the molecule is NC(N)=NCCCN1CCC(n2cc3c(nc2=O)NC2C=C(C(=O)NCCCN4CCNCC4)C=CC2O3)CC1. The highest BCUT2D eigenvalue weighted by Gasteiger charge is 2.32. The fraction of sp³-hybridized carbons (Fsp3) is 0.630. The normalized spacial score (nSPS) is 23.2. The Bertz CT molecular complexity index is 1180. The third kappa shape index (κ3) is 7.20. The van der Waals surface area contributed by atoms with Gasteiger partial charge in [0.1, 0.15) is 6.10 Å². The number of nitrogens with zero attached hydrogens (tertiary/aromatic N) is 5. The molecule has 1 amide bonds. The van der Waals surface area contributed by atoms with Gasteiger partial charge >= 0.3 is 5.69 Å². The molecule has 13 nitrogen and oxygen atoms in total. The van der Waals surface area contributed by atoms with Crippen LogP contribution in [0.1, 0.15) is 31.7 Å². The lowest BCUT2D eigenvalue weighted by Gasteiger charge is -2.35. The standard InChI is InChI=1S/C27H42N10O3/c28-26(29)32-8-2-11-35-13-5-20(6-14-35)37-18-23-24(34-27(37)39)33-21-17-19(3-4-22(21)40-23)25(38)31-7-1-12-36-15-9-30-10-16-36/h3-4,17-18,20-22,30H,1-2,5-16H2,(H,31,38)(H4,28,29,32)(H,33,34,39). The summed E-state index contributed by atoms with van der Waals surface area (Å²) in [6, 6.07) is -0.201. The maximum atomic E-state index is 12.9. The van der Waals surface area contributed by atoms with Crippen molar-refractivity contribution in [1.82, 2.24) is 30.0 Å². The number of carbonyl (C=O) groups excluding carboxylic acids is 1. The minimum Gasteiger partial charge on any atom is -0.478 e. The Balaban J connectivity index is 1.12. The van der Waals surface area contributed by atoms with Crippen LogP contribution in [0.25, 0.3) is 0 Å². The van der Waals surface area contributed by atoms with E-state index in [0.29, 0.717) is 30.2 Å². The zero-order valence-corrected chi connectivity index (χ0v) is 23.1. The summed E-state index contributed by atoms with van der Waals surface area (Å²) in [5.41, 5.74) is 11.1. The van der Waals surface area contributed by atoms with Crippen molar-refractivity contribution in [1.29, 1.82) is 0 Å². The molecule has 7 N–H and O–H groups in total. The van der Waals surface area contributed by atoms with Crippen LogP contribution in [0, 0.1) is 0 Å². The number of nitrogens with one attached hydrogen (secondary N) is 3. The maximum Gasteiger partial charge on any atom is 0.350 e. The van der Waals surface area contributed by atoms with E-state index in [0.717, 1.165) is 78.0 Å². The van der Waals surface area contributed by atoms with Crippen molar-refractivity contribution in [3.05, 3.63) is 40.5 Å². The van der Waals surface area contributed by atoms with Crippen molar-refractivity contribution in [2.24, 2.45) is 16.5 Å². The summed E-state index contributed by atoms with van der Waals surface area (Å²) in [5.74, 6) is 0.994. The lowest BCUT2D eigenvalue weighted by molar-refractivity contribution is -0.117. The molecule has 2 fully saturated rings. The van der Waals surface area contributed by atoms with Gasteiger partial charge in [0.15, 0.2) is 17.5 Å². The van der Waals surface area contributed by atoms with Crippen LogP contribution in [0.2, 0.25) is 0 Å². The Morgan fingerprint density at radius 3 is 2.65 bits per heavy atom. The van der Waals surface area contributed by atoms with Gasteiger partial charge in [0, 0.05) is 64.0 Å². The molecular formula is C27H42N10O3. The minimum atomic E-state index is -0.294. The smallest absolute Gasteiger partial charge is 0.350 e. The van der Waals surface area contributed by atoms with E-state index in [9.17, 15) is 9.59 Å². The molecule has 13 heteroatoms. The van der Waals surface area contributed by atoms with Gasteiger partial charge in [-0.05, 0) is 57.0 Å². The van der Waals surface area contributed by atoms with Crippen molar-refractivity contribution < 1.29 is 9.53 Å². The molecule has 218 valence electrons.